The average Bonchev–Trinajstić information content (AvgIpc) is 2.99. The van der Waals surface area contributed by atoms with Crippen LogP contribution in [0.1, 0.15) is 41.9 Å². The van der Waals surface area contributed by atoms with Gasteiger partial charge in [-0.2, -0.15) is 0 Å². The molecule has 108 valence electrons. The van der Waals surface area contributed by atoms with Crippen molar-refractivity contribution in [2.45, 2.75) is 46.1 Å². The zero-order valence-electron chi connectivity index (χ0n) is 12.1. The van der Waals surface area contributed by atoms with E-state index >= 15 is 0 Å². The molecule has 0 amide bonds. The zero-order chi connectivity index (χ0) is 14.1. The van der Waals surface area contributed by atoms with Gasteiger partial charge in [0, 0.05) is 11.5 Å². The third kappa shape index (κ3) is 2.65. The summed E-state index contributed by atoms with van der Waals surface area (Å²) in [7, 11) is 0. The van der Waals surface area contributed by atoms with E-state index in [9.17, 15) is 0 Å². The minimum absolute atomic E-state index is 0.465. The molecule has 4 nitrogen and oxygen atoms in total. The molecule has 0 radical (unpaired) electrons. The van der Waals surface area contributed by atoms with Crippen molar-refractivity contribution >= 4 is 27.4 Å². The van der Waals surface area contributed by atoms with E-state index in [1.807, 2.05) is 0 Å². The van der Waals surface area contributed by atoms with Gasteiger partial charge in [-0.1, -0.05) is 12.8 Å². The van der Waals surface area contributed by atoms with E-state index in [0.29, 0.717) is 18.2 Å². The summed E-state index contributed by atoms with van der Waals surface area (Å²) in [5, 5.41) is 1.01. The SMILES string of the molecule is Cc1sc2nc(COCC3CCCC3)nc(N)c2c1C. The zero-order valence-corrected chi connectivity index (χ0v) is 12.9. The molecular weight excluding hydrogens is 270 g/mol. The smallest absolute Gasteiger partial charge is 0.158 e. The van der Waals surface area contributed by atoms with Gasteiger partial charge < -0.3 is 10.5 Å². The average molecular weight is 291 g/mol. The first kappa shape index (κ1) is 13.8. The lowest BCUT2D eigenvalue weighted by molar-refractivity contribution is 0.0846. The summed E-state index contributed by atoms with van der Waals surface area (Å²) in [5.74, 6) is 2.01. The Kier molecular flexibility index (Phi) is 3.89. The van der Waals surface area contributed by atoms with Gasteiger partial charge in [0.2, 0.25) is 0 Å². The topological polar surface area (TPSA) is 61.0 Å². The summed E-state index contributed by atoms with van der Waals surface area (Å²) in [5.41, 5.74) is 7.26. The molecule has 2 N–H and O–H groups in total. The first-order chi connectivity index (χ1) is 9.65. The largest absolute Gasteiger partial charge is 0.383 e. The van der Waals surface area contributed by atoms with E-state index in [1.165, 1.54) is 36.1 Å². The molecule has 2 aromatic rings. The van der Waals surface area contributed by atoms with Crippen LogP contribution < -0.4 is 5.73 Å². The summed E-state index contributed by atoms with van der Waals surface area (Å²) in [6.45, 7) is 5.46. The fraction of sp³-hybridized carbons (Fsp3) is 0.600. The highest BCUT2D eigenvalue weighted by atomic mass is 32.1. The van der Waals surface area contributed by atoms with Gasteiger partial charge in [-0.25, -0.2) is 9.97 Å². The fourth-order valence-electron chi connectivity index (χ4n) is 2.89. The van der Waals surface area contributed by atoms with Gasteiger partial charge >= 0.3 is 0 Å². The molecule has 2 heterocycles. The fourth-order valence-corrected chi connectivity index (χ4v) is 3.94. The predicted molar refractivity (Wildman–Crippen MR) is 82.9 cm³/mol. The van der Waals surface area contributed by atoms with E-state index in [-0.39, 0.29) is 0 Å². The molecule has 1 fully saturated rings. The van der Waals surface area contributed by atoms with Crippen LogP contribution in [0.2, 0.25) is 0 Å². The van der Waals surface area contributed by atoms with Gasteiger partial charge in [-0.05, 0) is 38.2 Å². The number of thiophene rings is 1. The van der Waals surface area contributed by atoms with Crippen LogP contribution in [-0.2, 0) is 11.3 Å². The maximum absolute atomic E-state index is 6.07. The Bertz CT molecular complexity index is 617. The van der Waals surface area contributed by atoms with Gasteiger partial charge in [-0.15, -0.1) is 11.3 Å². The van der Waals surface area contributed by atoms with Crippen molar-refractivity contribution in [1.29, 1.82) is 0 Å². The quantitative estimate of drug-likeness (QED) is 0.935. The lowest BCUT2D eigenvalue weighted by atomic mass is 10.1. The number of nitrogen functional groups attached to an aromatic ring is 1. The molecule has 0 spiro atoms. The van der Waals surface area contributed by atoms with Gasteiger partial charge in [-0.3, -0.25) is 0 Å². The minimum atomic E-state index is 0.465. The number of aryl methyl sites for hydroxylation is 2. The molecule has 1 saturated carbocycles. The molecule has 0 unspecified atom stereocenters. The number of hydrogen-bond donors (Lipinski definition) is 1. The molecule has 1 aliphatic carbocycles. The second-order valence-electron chi connectivity index (χ2n) is 5.65. The molecule has 2 aromatic heterocycles. The molecule has 0 atom stereocenters. The third-order valence-electron chi connectivity index (χ3n) is 4.16. The van der Waals surface area contributed by atoms with E-state index in [0.717, 1.165) is 22.7 Å². The second-order valence-corrected chi connectivity index (χ2v) is 6.86. The molecule has 1 aliphatic rings. The van der Waals surface area contributed by atoms with Crippen molar-refractivity contribution in [2.75, 3.05) is 12.3 Å². The Morgan fingerprint density at radius 3 is 2.75 bits per heavy atom. The number of ether oxygens (including phenoxy) is 1. The Morgan fingerprint density at radius 2 is 2.00 bits per heavy atom. The summed E-state index contributed by atoms with van der Waals surface area (Å²) < 4.78 is 5.77. The highest BCUT2D eigenvalue weighted by molar-refractivity contribution is 7.18. The van der Waals surface area contributed by atoms with Gasteiger partial charge in [0.15, 0.2) is 5.82 Å². The number of rotatable bonds is 4. The maximum atomic E-state index is 6.07. The van der Waals surface area contributed by atoms with Crippen LogP contribution in [-0.4, -0.2) is 16.6 Å². The van der Waals surface area contributed by atoms with E-state index in [1.54, 1.807) is 11.3 Å². The minimum Gasteiger partial charge on any atom is -0.383 e. The summed E-state index contributed by atoms with van der Waals surface area (Å²) in [6, 6.07) is 0. The molecule has 0 saturated heterocycles. The van der Waals surface area contributed by atoms with Crippen molar-refractivity contribution < 1.29 is 4.74 Å². The lowest BCUT2D eigenvalue weighted by Crippen LogP contribution is -2.08. The second kappa shape index (κ2) is 5.66. The van der Waals surface area contributed by atoms with Gasteiger partial charge in [0.1, 0.15) is 17.3 Å². The number of anilines is 1. The Morgan fingerprint density at radius 1 is 1.25 bits per heavy atom. The maximum Gasteiger partial charge on any atom is 0.158 e. The molecule has 0 aliphatic heterocycles. The van der Waals surface area contributed by atoms with Crippen molar-refractivity contribution in [3.8, 4) is 0 Å². The van der Waals surface area contributed by atoms with Gasteiger partial charge in [0.05, 0.1) is 5.39 Å². The highest BCUT2D eigenvalue weighted by Gasteiger charge is 2.16. The highest BCUT2D eigenvalue weighted by Crippen LogP contribution is 2.32. The van der Waals surface area contributed by atoms with Crippen LogP contribution in [0.25, 0.3) is 10.2 Å². The third-order valence-corrected chi connectivity index (χ3v) is 5.26. The molecule has 0 aromatic carbocycles. The molecule has 5 heteroatoms. The number of nitrogens with zero attached hydrogens (tertiary/aromatic N) is 2. The molecule has 3 rings (SSSR count). The summed E-state index contributed by atoms with van der Waals surface area (Å²) >= 11 is 1.68. The molecule has 0 bridgehead atoms. The van der Waals surface area contributed by atoms with E-state index in [2.05, 4.69) is 23.8 Å². The van der Waals surface area contributed by atoms with Crippen LogP contribution in [0, 0.1) is 19.8 Å². The number of aromatic nitrogens is 2. The molecule has 20 heavy (non-hydrogen) atoms. The lowest BCUT2D eigenvalue weighted by Gasteiger charge is -2.09. The first-order valence-electron chi connectivity index (χ1n) is 7.25. The molecular formula is C15H21N3OS. The van der Waals surface area contributed by atoms with Gasteiger partial charge in [0.25, 0.3) is 0 Å². The monoisotopic (exact) mass is 291 g/mol. The predicted octanol–water partition coefficient (Wildman–Crippen LogP) is 3.60. The Hall–Kier alpha value is -1.20. The Balaban J connectivity index is 1.72. The Labute approximate surface area is 123 Å². The summed E-state index contributed by atoms with van der Waals surface area (Å²) in [4.78, 5) is 11.2. The van der Waals surface area contributed by atoms with Crippen LogP contribution in [0.15, 0.2) is 0 Å². The summed E-state index contributed by atoms with van der Waals surface area (Å²) in [6.07, 6.45) is 5.28. The van der Waals surface area contributed by atoms with Crippen LogP contribution in [0.3, 0.4) is 0 Å². The number of hydrogen-bond acceptors (Lipinski definition) is 5. The van der Waals surface area contributed by atoms with Crippen molar-refractivity contribution in [3.63, 3.8) is 0 Å². The standard InChI is InChI=1S/C15H21N3OS/c1-9-10(2)20-15-13(9)14(16)17-12(18-15)8-19-7-11-5-3-4-6-11/h11H,3-8H2,1-2H3,(H2,16,17,18). The number of fused-ring (bicyclic) bond motifs is 1. The van der Waals surface area contributed by atoms with E-state index in [4.69, 9.17) is 10.5 Å². The van der Waals surface area contributed by atoms with Crippen LogP contribution in [0.5, 0.6) is 0 Å². The van der Waals surface area contributed by atoms with Crippen molar-refractivity contribution in [2.24, 2.45) is 5.92 Å². The number of nitrogens with two attached hydrogens (primary N) is 1. The van der Waals surface area contributed by atoms with E-state index < -0.39 is 0 Å². The van der Waals surface area contributed by atoms with Crippen LogP contribution >= 0.6 is 11.3 Å². The normalized spacial score (nSPS) is 16.3. The first-order valence-corrected chi connectivity index (χ1v) is 8.06. The van der Waals surface area contributed by atoms with Crippen molar-refractivity contribution in [1.82, 2.24) is 9.97 Å². The van der Waals surface area contributed by atoms with Crippen LogP contribution in [0.4, 0.5) is 5.82 Å². The van der Waals surface area contributed by atoms with Crippen molar-refractivity contribution in [3.05, 3.63) is 16.3 Å².